The van der Waals surface area contributed by atoms with E-state index in [0.717, 1.165) is 30.8 Å². The first-order chi connectivity index (χ1) is 21.1. The molecular weight excluding hydrogens is 612 g/mol. The summed E-state index contributed by atoms with van der Waals surface area (Å²) in [5.74, 6) is -5.91. The molecule has 10 nitrogen and oxygen atoms in total. The molecule has 5 heterocycles. The summed E-state index contributed by atoms with van der Waals surface area (Å²) in [6, 6.07) is 9.08. The molecule has 1 aromatic carbocycles. The molecule has 6 rings (SSSR count). The fourth-order valence-electron chi connectivity index (χ4n) is 6.41. The number of alkyl halides is 6. The molecule has 3 fully saturated rings. The van der Waals surface area contributed by atoms with Gasteiger partial charge in [0.1, 0.15) is 24.6 Å². The Morgan fingerprint density at radius 3 is 2.29 bits per heavy atom. The van der Waals surface area contributed by atoms with E-state index in [0.29, 0.717) is 11.8 Å². The van der Waals surface area contributed by atoms with Gasteiger partial charge in [-0.2, -0.15) is 26.3 Å². The number of rotatable bonds is 3. The highest BCUT2D eigenvalue weighted by molar-refractivity contribution is 5.91. The topological polar surface area (TPSA) is 146 Å². The van der Waals surface area contributed by atoms with E-state index < -0.39 is 24.3 Å². The third-order valence-corrected chi connectivity index (χ3v) is 8.43. The second-order valence-corrected chi connectivity index (χ2v) is 11.6. The molecular formula is C29H33F6N5O5. The van der Waals surface area contributed by atoms with E-state index >= 15 is 0 Å². The van der Waals surface area contributed by atoms with Gasteiger partial charge in [0.15, 0.2) is 0 Å². The molecule has 246 valence electrons. The van der Waals surface area contributed by atoms with Gasteiger partial charge in [0.2, 0.25) is 5.91 Å². The summed E-state index contributed by atoms with van der Waals surface area (Å²) in [5, 5.41) is 23.3. The van der Waals surface area contributed by atoms with E-state index in [2.05, 4.69) is 39.8 Å². The Labute approximate surface area is 254 Å². The molecule has 4 N–H and O–H groups in total. The second kappa shape index (κ2) is 13.6. The van der Waals surface area contributed by atoms with Crippen LogP contribution in [0.5, 0.6) is 0 Å². The average Bonchev–Trinajstić information content (AvgIpc) is 3.51. The zero-order valence-corrected chi connectivity index (χ0v) is 24.1. The van der Waals surface area contributed by atoms with Crippen LogP contribution in [0.3, 0.4) is 0 Å². The van der Waals surface area contributed by atoms with Crippen LogP contribution >= 0.6 is 0 Å². The quantitative estimate of drug-likeness (QED) is 0.360. The van der Waals surface area contributed by atoms with Gasteiger partial charge in [0, 0.05) is 29.7 Å². The molecule has 3 atom stereocenters. The molecule has 1 amide bonds. The SMILES string of the molecule is O=C([O-])C(F)(F)F.O=C([O-])C(F)(F)F.O=C1CC=C2C=NC(c3ccc(C[NH+]4CCC5(CCC[NH2+]C5)C4)cc3)=C3CCC(N1)N23. The second-order valence-electron chi connectivity index (χ2n) is 11.6. The van der Waals surface area contributed by atoms with Crippen molar-refractivity contribution in [3.8, 4) is 0 Å². The largest absolute Gasteiger partial charge is 0.542 e. The van der Waals surface area contributed by atoms with Crippen molar-refractivity contribution >= 4 is 29.8 Å². The van der Waals surface area contributed by atoms with Gasteiger partial charge in [-0.25, -0.2) is 0 Å². The Balaban J connectivity index is 0.000000277. The maximum atomic E-state index is 12.0. The summed E-state index contributed by atoms with van der Waals surface area (Å²) in [6.07, 6.45) is 0.151. The number of aliphatic carboxylic acids is 2. The number of quaternary nitrogens is 2. The molecule has 3 saturated heterocycles. The lowest BCUT2D eigenvalue weighted by Crippen LogP contribution is -3.09. The number of carbonyl (C=O) groups excluding carboxylic acids is 3. The van der Waals surface area contributed by atoms with E-state index in [1.807, 2.05) is 12.3 Å². The molecule has 1 aromatic rings. The molecule has 0 radical (unpaired) electrons. The molecule has 0 aromatic heterocycles. The summed E-state index contributed by atoms with van der Waals surface area (Å²) < 4.78 is 63.1. The maximum Gasteiger partial charge on any atom is 0.430 e. The van der Waals surface area contributed by atoms with Crippen LogP contribution in [-0.2, 0) is 20.9 Å². The number of nitrogens with one attached hydrogen (secondary N) is 2. The van der Waals surface area contributed by atoms with Gasteiger partial charge in [-0.1, -0.05) is 24.3 Å². The number of piperidine rings is 1. The molecule has 5 aliphatic rings. The van der Waals surface area contributed by atoms with Crippen LogP contribution in [0.4, 0.5) is 26.3 Å². The zero-order valence-electron chi connectivity index (χ0n) is 24.1. The van der Waals surface area contributed by atoms with Gasteiger partial charge >= 0.3 is 12.4 Å². The average molecular weight is 646 g/mol. The Bertz CT molecular complexity index is 1340. The molecule has 0 aliphatic carbocycles. The van der Waals surface area contributed by atoms with E-state index in [4.69, 9.17) is 24.8 Å². The summed E-state index contributed by atoms with van der Waals surface area (Å²) in [7, 11) is 0. The third-order valence-electron chi connectivity index (χ3n) is 8.43. The van der Waals surface area contributed by atoms with Crippen molar-refractivity contribution in [2.75, 3.05) is 26.2 Å². The molecule has 45 heavy (non-hydrogen) atoms. The third kappa shape index (κ3) is 8.63. The standard InChI is InChI=1S/C25H31N5O.2C2HF3O2/c31-23-9-6-20-14-27-24(21-7-8-22(28-23)30(20)21)19-4-2-18(3-5-19)15-29-13-11-25(17-29)10-1-12-26-16-25;2*3-2(4,5)1(6)7/h2-6,14,22,26H,1,7-13,15-17H2,(H,28,31);2*(H,6,7). The van der Waals surface area contributed by atoms with Crippen LogP contribution in [0.25, 0.3) is 5.70 Å². The van der Waals surface area contributed by atoms with Gasteiger partial charge in [-0.05, 0) is 31.8 Å². The number of amides is 1. The lowest BCUT2D eigenvalue weighted by atomic mass is 9.80. The van der Waals surface area contributed by atoms with Crippen LogP contribution in [0.15, 0.2) is 46.7 Å². The monoisotopic (exact) mass is 645 g/mol. The van der Waals surface area contributed by atoms with Crippen molar-refractivity contribution in [2.24, 2.45) is 10.4 Å². The summed E-state index contributed by atoms with van der Waals surface area (Å²) >= 11 is 0. The van der Waals surface area contributed by atoms with Gasteiger partial charge in [-0.3, -0.25) is 9.79 Å². The number of halogens is 6. The van der Waals surface area contributed by atoms with E-state index in [1.54, 1.807) is 4.90 Å². The fourth-order valence-corrected chi connectivity index (χ4v) is 6.41. The lowest BCUT2D eigenvalue weighted by molar-refractivity contribution is -0.906. The number of carbonyl (C=O) groups is 3. The first-order valence-corrected chi connectivity index (χ1v) is 14.4. The fraction of sp³-hybridized carbons (Fsp3) is 0.517. The highest BCUT2D eigenvalue weighted by Crippen LogP contribution is 2.39. The highest BCUT2D eigenvalue weighted by Gasteiger charge is 2.44. The van der Waals surface area contributed by atoms with Gasteiger partial charge < -0.3 is 40.2 Å². The van der Waals surface area contributed by atoms with Crippen molar-refractivity contribution in [3.63, 3.8) is 0 Å². The zero-order chi connectivity index (χ0) is 33.0. The number of likely N-dealkylation sites (tertiary alicyclic amines) is 1. The van der Waals surface area contributed by atoms with Gasteiger partial charge in [-0.15, -0.1) is 0 Å². The minimum atomic E-state index is -5.19. The summed E-state index contributed by atoms with van der Waals surface area (Å²) in [5.41, 5.74) is 6.57. The minimum absolute atomic E-state index is 0.0698. The predicted molar refractivity (Wildman–Crippen MR) is 142 cm³/mol. The van der Waals surface area contributed by atoms with Crippen molar-refractivity contribution < 1.29 is 61.2 Å². The number of aliphatic imine (C=N–C) groups is 1. The molecule has 0 bridgehead atoms. The molecule has 16 heteroatoms. The van der Waals surface area contributed by atoms with Crippen molar-refractivity contribution in [1.29, 1.82) is 0 Å². The Morgan fingerprint density at radius 1 is 1.07 bits per heavy atom. The smallest absolute Gasteiger partial charge is 0.430 e. The summed E-state index contributed by atoms with van der Waals surface area (Å²) in [4.78, 5) is 38.4. The van der Waals surface area contributed by atoms with Crippen LogP contribution in [0.1, 0.15) is 49.7 Å². The number of carboxylic acids is 2. The first kappa shape index (κ1) is 34.0. The molecule has 5 aliphatic heterocycles. The number of benzene rings is 1. The van der Waals surface area contributed by atoms with Crippen molar-refractivity contribution in [3.05, 3.63) is 52.9 Å². The first-order valence-electron chi connectivity index (χ1n) is 14.4. The normalized spacial score (nSPS) is 25.7. The number of hydrogen-bond acceptors (Lipinski definition) is 7. The number of allylic oxidation sites excluding steroid dienone is 2. The van der Waals surface area contributed by atoms with Crippen LogP contribution < -0.4 is 25.7 Å². The van der Waals surface area contributed by atoms with Gasteiger partial charge in [0.25, 0.3) is 0 Å². The highest BCUT2D eigenvalue weighted by atomic mass is 19.4. The molecule has 1 spiro atoms. The Morgan fingerprint density at radius 2 is 1.71 bits per heavy atom. The van der Waals surface area contributed by atoms with E-state index in [-0.39, 0.29) is 12.1 Å². The van der Waals surface area contributed by atoms with Crippen LogP contribution in [0.2, 0.25) is 0 Å². The van der Waals surface area contributed by atoms with E-state index in [9.17, 15) is 31.1 Å². The Kier molecular flexibility index (Phi) is 10.3. The van der Waals surface area contributed by atoms with E-state index in [1.165, 1.54) is 62.3 Å². The van der Waals surface area contributed by atoms with Crippen LogP contribution in [-0.4, -0.2) is 73.7 Å². The number of hydrogen-bond donors (Lipinski definition) is 3. The Hall–Kier alpha value is -3.92. The van der Waals surface area contributed by atoms with Crippen molar-refractivity contribution in [2.45, 2.75) is 63.6 Å². The molecule has 0 saturated carbocycles. The number of nitrogens with two attached hydrogens (primary N) is 1. The van der Waals surface area contributed by atoms with Gasteiger partial charge in [0.05, 0.1) is 49.2 Å². The molecule has 3 unspecified atom stereocenters. The predicted octanol–water partition coefficient (Wildman–Crippen LogP) is -1.01. The van der Waals surface area contributed by atoms with Crippen molar-refractivity contribution in [1.82, 2.24) is 10.2 Å². The summed E-state index contributed by atoms with van der Waals surface area (Å²) in [6.45, 7) is 6.43. The minimum Gasteiger partial charge on any atom is -0.542 e. The lowest BCUT2D eigenvalue weighted by Gasteiger charge is -2.30. The number of carboxylic acid groups (broad SMARTS) is 2. The number of nitrogens with zero attached hydrogens (tertiary/aromatic N) is 2. The maximum absolute atomic E-state index is 12.0. The van der Waals surface area contributed by atoms with Crippen LogP contribution in [0, 0.1) is 5.41 Å².